The van der Waals surface area contributed by atoms with Gasteiger partial charge in [-0.1, -0.05) is 0 Å². The number of aromatic nitrogens is 1. The van der Waals surface area contributed by atoms with Gasteiger partial charge in [0.25, 0.3) is 0 Å². The molecule has 0 atom stereocenters. The number of pyridine rings is 1. The molecule has 0 saturated carbocycles. The van der Waals surface area contributed by atoms with E-state index in [0.717, 1.165) is 0 Å². The summed E-state index contributed by atoms with van der Waals surface area (Å²) in [4.78, 5) is 26.7. The van der Waals surface area contributed by atoms with Gasteiger partial charge >= 0.3 is 11.7 Å². The zero-order valence-electron chi connectivity index (χ0n) is 10.3. The van der Waals surface area contributed by atoms with Crippen LogP contribution >= 0.6 is 0 Å². The molecule has 0 fully saturated rings. The summed E-state index contributed by atoms with van der Waals surface area (Å²) >= 11 is 0. The highest BCUT2D eigenvalue weighted by molar-refractivity contribution is 5.68. The number of aliphatic carboxylic acids is 1. The molecule has 0 aliphatic carbocycles. The van der Waals surface area contributed by atoms with Gasteiger partial charge in [-0.3, -0.25) is 14.9 Å². The smallest absolute Gasteiger partial charge is 0.311 e. The summed E-state index contributed by atoms with van der Waals surface area (Å²) in [7, 11) is 0. The predicted molar refractivity (Wildman–Crippen MR) is 65.8 cm³/mol. The van der Waals surface area contributed by atoms with Gasteiger partial charge in [0.2, 0.25) is 5.82 Å². The standard InChI is InChI=1S/C11H15N3O4/c1-3-13(7-6-10(15)16)11-9(14(17)18)5-4-8(2)12-11/h4-5H,3,6-7H2,1-2H3,(H,15,16). The monoisotopic (exact) mass is 253 g/mol. The SMILES string of the molecule is CCN(CCC(=O)O)c1nc(C)ccc1[N+](=O)[O-]. The van der Waals surface area contributed by atoms with Crippen LogP contribution in [0.1, 0.15) is 19.0 Å². The molecule has 0 spiro atoms. The van der Waals surface area contributed by atoms with Crippen LogP contribution in [0.25, 0.3) is 0 Å². The summed E-state index contributed by atoms with van der Waals surface area (Å²) in [6.07, 6.45) is -0.0827. The normalized spacial score (nSPS) is 10.1. The van der Waals surface area contributed by atoms with E-state index >= 15 is 0 Å². The maximum Gasteiger partial charge on any atom is 0.311 e. The van der Waals surface area contributed by atoms with Gasteiger partial charge in [0, 0.05) is 24.8 Å². The summed E-state index contributed by atoms with van der Waals surface area (Å²) in [6.45, 7) is 4.20. The number of rotatable bonds is 6. The lowest BCUT2D eigenvalue weighted by Gasteiger charge is -2.20. The van der Waals surface area contributed by atoms with E-state index in [-0.39, 0.29) is 24.5 Å². The second-order valence-corrected chi connectivity index (χ2v) is 3.78. The Bertz CT molecular complexity index is 462. The molecular formula is C11H15N3O4. The number of carbonyl (C=O) groups is 1. The Hall–Kier alpha value is -2.18. The second-order valence-electron chi connectivity index (χ2n) is 3.78. The van der Waals surface area contributed by atoms with Crippen LogP contribution in [0.5, 0.6) is 0 Å². The van der Waals surface area contributed by atoms with Crippen molar-refractivity contribution in [3.8, 4) is 0 Å². The van der Waals surface area contributed by atoms with E-state index in [0.29, 0.717) is 12.2 Å². The number of hydrogen-bond acceptors (Lipinski definition) is 5. The van der Waals surface area contributed by atoms with Crippen molar-refractivity contribution in [2.75, 3.05) is 18.0 Å². The fraction of sp³-hybridized carbons (Fsp3) is 0.455. The highest BCUT2D eigenvalue weighted by Gasteiger charge is 2.20. The lowest BCUT2D eigenvalue weighted by Crippen LogP contribution is -2.27. The van der Waals surface area contributed by atoms with Crippen LogP contribution in [-0.2, 0) is 4.79 Å². The molecule has 7 nitrogen and oxygen atoms in total. The van der Waals surface area contributed by atoms with Crippen LogP contribution in [0.3, 0.4) is 0 Å². The molecular weight excluding hydrogens is 238 g/mol. The molecule has 7 heteroatoms. The van der Waals surface area contributed by atoms with Gasteiger partial charge in [-0.15, -0.1) is 0 Å². The van der Waals surface area contributed by atoms with Crippen molar-refractivity contribution in [2.24, 2.45) is 0 Å². The van der Waals surface area contributed by atoms with E-state index in [1.807, 2.05) is 0 Å². The van der Waals surface area contributed by atoms with Crippen molar-refractivity contribution < 1.29 is 14.8 Å². The Morgan fingerprint density at radius 2 is 2.22 bits per heavy atom. The van der Waals surface area contributed by atoms with E-state index in [9.17, 15) is 14.9 Å². The lowest BCUT2D eigenvalue weighted by molar-refractivity contribution is -0.384. The van der Waals surface area contributed by atoms with Crippen molar-refractivity contribution in [1.82, 2.24) is 4.98 Å². The number of nitro groups is 1. The van der Waals surface area contributed by atoms with Crippen LogP contribution < -0.4 is 4.90 Å². The number of carboxylic acid groups (broad SMARTS) is 1. The molecule has 0 radical (unpaired) electrons. The molecule has 1 N–H and O–H groups in total. The molecule has 0 bridgehead atoms. The first-order valence-electron chi connectivity index (χ1n) is 5.54. The van der Waals surface area contributed by atoms with Gasteiger partial charge in [0.05, 0.1) is 11.3 Å². The van der Waals surface area contributed by atoms with Crippen molar-refractivity contribution >= 4 is 17.5 Å². The molecule has 0 aliphatic rings. The van der Waals surface area contributed by atoms with Gasteiger partial charge < -0.3 is 10.0 Å². The molecule has 0 amide bonds. The van der Waals surface area contributed by atoms with E-state index in [1.54, 1.807) is 24.8 Å². The fourth-order valence-corrected chi connectivity index (χ4v) is 1.56. The van der Waals surface area contributed by atoms with E-state index in [1.165, 1.54) is 6.07 Å². The van der Waals surface area contributed by atoms with Crippen molar-refractivity contribution in [3.05, 3.63) is 27.9 Å². The zero-order valence-corrected chi connectivity index (χ0v) is 10.3. The minimum Gasteiger partial charge on any atom is -0.481 e. The molecule has 1 aromatic rings. The third-order valence-corrected chi connectivity index (χ3v) is 2.47. The summed E-state index contributed by atoms with van der Waals surface area (Å²) < 4.78 is 0. The summed E-state index contributed by atoms with van der Waals surface area (Å²) in [5.41, 5.74) is 0.553. The van der Waals surface area contributed by atoms with Crippen LogP contribution in [0.4, 0.5) is 11.5 Å². The number of anilines is 1. The topological polar surface area (TPSA) is 96.6 Å². The van der Waals surface area contributed by atoms with Crippen molar-refractivity contribution in [2.45, 2.75) is 20.3 Å². The minimum absolute atomic E-state index is 0.0827. The van der Waals surface area contributed by atoms with Crippen molar-refractivity contribution in [3.63, 3.8) is 0 Å². The first kappa shape index (κ1) is 13.9. The van der Waals surface area contributed by atoms with Crippen LogP contribution in [0.15, 0.2) is 12.1 Å². The number of hydrogen-bond donors (Lipinski definition) is 1. The maximum absolute atomic E-state index is 10.9. The summed E-state index contributed by atoms with van der Waals surface area (Å²) in [5.74, 6) is -0.715. The molecule has 98 valence electrons. The summed E-state index contributed by atoms with van der Waals surface area (Å²) in [5, 5.41) is 19.6. The highest BCUT2D eigenvalue weighted by Crippen LogP contribution is 2.25. The lowest BCUT2D eigenvalue weighted by atomic mass is 10.3. The molecule has 1 heterocycles. The van der Waals surface area contributed by atoms with E-state index in [4.69, 9.17) is 5.11 Å². The maximum atomic E-state index is 10.9. The number of nitrogens with zero attached hydrogens (tertiary/aromatic N) is 3. The molecule has 0 aliphatic heterocycles. The van der Waals surface area contributed by atoms with Gasteiger partial charge in [-0.25, -0.2) is 4.98 Å². The third kappa shape index (κ3) is 3.41. The molecule has 18 heavy (non-hydrogen) atoms. The summed E-state index contributed by atoms with van der Waals surface area (Å²) in [6, 6.07) is 2.95. The minimum atomic E-state index is -0.941. The largest absolute Gasteiger partial charge is 0.481 e. The van der Waals surface area contributed by atoms with E-state index < -0.39 is 10.9 Å². The first-order chi connectivity index (χ1) is 8.45. The van der Waals surface area contributed by atoms with Gasteiger partial charge in [-0.2, -0.15) is 0 Å². The molecule has 0 unspecified atom stereocenters. The Morgan fingerprint density at radius 3 is 2.72 bits per heavy atom. The van der Waals surface area contributed by atoms with Crippen LogP contribution in [-0.4, -0.2) is 34.1 Å². The van der Waals surface area contributed by atoms with Crippen LogP contribution in [0.2, 0.25) is 0 Å². The van der Waals surface area contributed by atoms with Crippen molar-refractivity contribution in [1.29, 1.82) is 0 Å². The first-order valence-corrected chi connectivity index (χ1v) is 5.54. The Morgan fingerprint density at radius 1 is 1.56 bits per heavy atom. The van der Waals surface area contributed by atoms with Gasteiger partial charge in [-0.05, 0) is 19.9 Å². The predicted octanol–water partition coefficient (Wildman–Crippen LogP) is 1.60. The Kier molecular flexibility index (Phi) is 4.59. The average molecular weight is 253 g/mol. The Labute approximate surface area is 104 Å². The van der Waals surface area contributed by atoms with Gasteiger partial charge in [0.15, 0.2) is 0 Å². The number of aryl methyl sites for hydroxylation is 1. The highest BCUT2D eigenvalue weighted by atomic mass is 16.6. The molecule has 0 saturated heterocycles. The third-order valence-electron chi connectivity index (χ3n) is 2.47. The zero-order chi connectivity index (χ0) is 13.7. The second kappa shape index (κ2) is 5.95. The quantitative estimate of drug-likeness (QED) is 0.611. The molecule has 1 aromatic heterocycles. The fourth-order valence-electron chi connectivity index (χ4n) is 1.56. The van der Waals surface area contributed by atoms with Gasteiger partial charge in [0.1, 0.15) is 0 Å². The molecule has 1 rings (SSSR count). The number of carboxylic acids is 1. The van der Waals surface area contributed by atoms with E-state index in [2.05, 4.69) is 4.98 Å². The average Bonchev–Trinajstić information content (AvgIpc) is 2.29. The molecule has 0 aromatic carbocycles. The Balaban J connectivity index is 3.06. The van der Waals surface area contributed by atoms with Crippen LogP contribution in [0, 0.1) is 17.0 Å².